The number of primary sulfonamides is 1. The van der Waals surface area contributed by atoms with Gasteiger partial charge in [0.15, 0.2) is 0 Å². The smallest absolute Gasteiger partial charge is 0.267 e. The molecule has 126 valence electrons. The zero-order chi connectivity index (χ0) is 17.9. The Bertz CT molecular complexity index is 901. The van der Waals surface area contributed by atoms with Crippen LogP contribution in [0, 0.1) is 5.82 Å². The van der Waals surface area contributed by atoms with Crippen LogP contribution in [-0.2, 0) is 10.0 Å². The predicted molar refractivity (Wildman–Crippen MR) is 86.8 cm³/mol. The number of rotatable bonds is 3. The summed E-state index contributed by atoms with van der Waals surface area (Å²) < 4.78 is 35.8. The zero-order valence-electron chi connectivity index (χ0n) is 11.9. The number of hydrazine groups is 1. The van der Waals surface area contributed by atoms with Gasteiger partial charge in [-0.3, -0.25) is 20.4 Å². The molecule has 0 aliphatic carbocycles. The van der Waals surface area contributed by atoms with E-state index < -0.39 is 27.7 Å². The lowest BCUT2D eigenvalue weighted by atomic mass is 10.2. The van der Waals surface area contributed by atoms with Gasteiger partial charge in [-0.25, -0.2) is 17.9 Å². The third-order valence-corrected chi connectivity index (χ3v) is 4.51. The Kier molecular flexibility index (Phi) is 5.32. The van der Waals surface area contributed by atoms with Gasteiger partial charge in [0, 0.05) is 10.0 Å². The monoisotopic (exact) mass is 415 g/mol. The summed E-state index contributed by atoms with van der Waals surface area (Å²) in [4.78, 5) is 23.7. The molecule has 0 spiro atoms. The number of benzene rings is 2. The molecule has 0 atom stereocenters. The first-order valence-corrected chi connectivity index (χ1v) is 8.71. The van der Waals surface area contributed by atoms with Gasteiger partial charge >= 0.3 is 0 Å². The summed E-state index contributed by atoms with van der Waals surface area (Å²) in [5.41, 5.74) is 4.37. The minimum absolute atomic E-state index is 0.0408. The van der Waals surface area contributed by atoms with Crippen LogP contribution in [0.5, 0.6) is 0 Å². The molecule has 4 N–H and O–H groups in total. The standard InChI is InChI=1S/C14H11BrFN3O4S/c15-12-6-5-10(24(17,22)23)7-11(12)14(21)19-18-13(20)8-1-3-9(16)4-2-8/h1-7H,(H,18,20)(H,19,21)(H2,17,22,23). The summed E-state index contributed by atoms with van der Waals surface area (Å²) >= 11 is 3.11. The van der Waals surface area contributed by atoms with Crippen LogP contribution in [0.15, 0.2) is 51.8 Å². The van der Waals surface area contributed by atoms with Gasteiger partial charge in [0.05, 0.1) is 10.5 Å². The van der Waals surface area contributed by atoms with E-state index in [1.807, 2.05) is 0 Å². The van der Waals surface area contributed by atoms with E-state index in [9.17, 15) is 22.4 Å². The summed E-state index contributed by atoms with van der Waals surface area (Å²) in [6.45, 7) is 0. The Labute approximate surface area is 145 Å². The maximum Gasteiger partial charge on any atom is 0.270 e. The van der Waals surface area contributed by atoms with Crippen LogP contribution in [0.25, 0.3) is 0 Å². The number of nitrogens with two attached hydrogens (primary N) is 1. The van der Waals surface area contributed by atoms with Gasteiger partial charge in [-0.05, 0) is 58.4 Å². The summed E-state index contributed by atoms with van der Waals surface area (Å²) in [7, 11) is -3.98. The van der Waals surface area contributed by atoms with Gasteiger partial charge in [-0.15, -0.1) is 0 Å². The minimum Gasteiger partial charge on any atom is -0.267 e. The number of hydrogen-bond acceptors (Lipinski definition) is 4. The highest BCUT2D eigenvalue weighted by molar-refractivity contribution is 9.10. The Morgan fingerprint density at radius 1 is 1.00 bits per heavy atom. The molecule has 7 nitrogen and oxygen atoms in total. The highest BCUT2D eigenvalue weighted by Gasteiger charge is 2.16. The van der Waals surface area contributed by atoms with Crippen molar-refractivity contribution < 1.29 is 22.4 Å². The van der Waals surface area contributed by atoms with Crippen molar-refractivity contribution in [3.8, 4) is 0 Å². The SMILES string of the molecule is NS(=O)(=O)c1ccc(Br)c(C(=O)NNC(=O)c2ccc(F)cc2)c1. The highest BCUT2D eigenvalue weighted by Crippen LogP contribution is 2.20. The maximum absolute atomic E-state index is 12.8. The molecule has 0 saturated heterocycles. The average Bonchev–Trinajstić information content (AvgIpc) is 2.52. The van der Waals surface area contributed by atoms with Crippen molar-refractivity contribution in [2.24, 2.45) is 5.14 Å². The molecular weight excluding hydrogens is 405 g/mol. The lowest BCUT2D eigenvalue weighted by Crippen LogP contribution is -2.41. The second-order valence-corrected chi connectivity index (χ2v) is 7.02. The number of sulfonamides is 1. The summed E-state index contributed by atoms with van der Waals surface area (Å²) in [6, 6.07) is 8.33. The molecular formula is C14H11BrFN3O4S. The van der Waals surface area contributed by atoms with Gasteiger partial charge in [-0.1, -0.05) is 0 Å². The lowest BCUT2D eigenvalue weighted by Gasteiger charge is -2.09. The summed E-state index contributed by atoms with van der Waals surface area (Å²) in [5, 5.41) is 5.01. The van der Waals surface area contributed by atoms with E-state index >= 15 is 0 Å². The van der Waals surface area contributed by atoms with Crippen LogP contribution in [0.4, 0.5) is 4.39 Å². The quantitative estimate of drug-likeness (QED) is 0.654. The molecule has 10 heteroatoms. The van der Waals surface area contributed by atoms with Crippen LogP contribution in [0.1, 0.15) is 20.7 Å². The largest absolute Gasteiger partial charge is 0.270 e. The lowest BCUT2D eigenvalue weighted by molar-refractivity contribution is 0.0846. The van der Waals surface area contributed by atoms with Crippen LogP contribution < -0.4 is 16.0 Å². The molecule has 24 heavy (non-hydrogen) atoms. The summed E-state index contributed by atoms with van der Waals surface area (Å²) in [5.74, 6) is -1.93. The molecule has 0 aromatic heterocycles. The fourth-order valence-electron chi connectivity index (χ4n) is 1.71. The maximum atomic E-state index is 12.8. The first-order chi connectivity index (χ1) is 11.2. The minimum atomic E-state index is -3.98. The van der Waals surface area contributed by atoms with E-state index in [0.717, 1.165) is 18.2 Å². The fraction of sp³-hybridized carbons (Fsp3) is 0. The average molecular weight is 416 g/mol. The Hall–Kier alpha value is -2.30. The van der Waals surface area contributed by atoms with Crippen LogP contribution in [-0.4, -0.2) is 20.2 Å². The van der Waals surface area contributed by atoms with Crippen molar-refractivity contribution in [1.29, 1.82) is 0 Å². The van der Waals surface area contributed by atoms with Crippen molar-refractivity contribution in [3.05, 3.63) is 63.9 Å². The van der Waals surface area contributed by atoms with Gasteiger partial charge in [0.2, 0.25) is 10.0 Å². The normalized spacial score (nSPS) is 11.0. The Morgan fingerprint density at radius 2 is 1.58 bits per heavy atom. The second-order valence-electron chi connectivity index (χ2n) is 4.60. The molecule has 0 aliphatic rings. The third-order valence-electron chi connectivity index (χ3n) is 2.91. The number of amides is 2. The van der Waals surface area contributed by atoms with Crippen LogP contribution in [0.2, 0.25) is 0 Å². The second kappa shape index (κ2) is 7.07. The van der Waals surface area contributed by atoms with E-state index in [1.165, 1.54) is 24.3 Å². The molecule has 2 aromatic rings. The molecule has 0 heterocycles. The zero-order valence-corrected chi connectivity index (χ0v) is 14.3. The number of nitrogens with one attached hydrogen (secondary N) is 2. The first-order valence-electron chi connectivity index (χ1n) is 6.37. The molecule has 2 aromatic carbocycles. The third kappa shape index (κ3) is 4.37. The Balaban J connectivity index is 2.12. The van der Waals surface area contributed by atoms with Crippen LogP contribution >= 0.6 is 15.9 Å². The number of halogens is 2. The highest BCUT2D eigenvalue weighted by atomic mass is 79.9. The van der Waals surface area contributed by atoms with E-state index in [0.29, 0.717) is 4.47 Å². The molecule has 0 unspecified atom stereocenters. The van der Waals surface area contributed by atoms with E-state index in [-0.39, 0.29) is 16.0 Å². The molecule has 0 fully saturated rings. The van der Waals surface area contributed by atoms with Gasteiger partial charge in [0.1, 0.15) is 5.82 Å². The molecule has 2 amide bonds. The van der Waals surface area contributed by atoms with Crippen molar-refractivity contribution in [2.45, 2.75) is 4.90 Å². The first kappa shape index (κ1) is 18.0. The molecule has 2 rings (SSSR count). The topological polar surface area (TPSA) is 118 Å². The van der Waals surface area contributed by atoms with Crippen molar-refractivity contribution >= 4 is 37.8 Å². The van der Waals surface area contributed by atoms with Crippen LogP contribution in [0.3, 0.4) is 0 Å². The van der Waals surface area contributed by atoms with Gasteiger partial charge in [0.25, 0.3) is 11.8 Å². The fourth-order valence-corrected chi connectivity index (χ4v) is 2.68. The van der Waals surface area contributed by atoms with Crippen molar-refractivity contribution in [2.75, 3.05) is 0 Å². The predicted octanol–water partition coefficient (Wildman–Crippen LogP) is 1.31. The molecule has 0 radical (unpaired) electrons. The van der Waals surface area contributed by atoms with Gasteiger partial charge in [-0.2, -0.15) is 0 Å². The number of hydrogen-bond donors (Lipinski definition) is 3. The Morgan fingerprint density at radius 3 is 2.17 bits per heavy atom. The molecule has 0 aliphatic heterocycles. The van der Waals surface area contributed by atoms with Crippen molar-refractivity contribution in [1.82, 2.24) is 10.9 Å². The molecule has 0 bridgehead atoms. The van der Waals surface area contributed by atoms with E-state index in [2.05, 4.69) is 26.8 Å². The summed E-state index contributed by atoms with van der Waals surface area (Å²) in [6.07, 6.45) is 0. The van der Waals surface area contributed by atoms with E-state index in [1.54, 1.807) is 0 Å². The van der Waals surface area contributed by atoms with Crippen molar-refractivity contribution in [3.63, 3.8) is 0 Å². The van der Waals surface area contributed by atoms with E-state index in [4.69, 9.17) is 5.14 Å². The number of carbonyl (C=O) groups is 2. The number of carbonyl (C=O) groups excluding carboxylic acids is 2. The molecule has 0 saturated carbocycles. The van der Waals surface area contributed by atoms with Gasteiger partial charge < -0.3 is 0 Å².